The molecule has 0 fully saturated rings. The largest absolute Gasteiger partial charge is 0.493 e. The summed E-state index contributed by atoms with van der Waals surface area (Å²) in [5.74, 6) is 1.48. The van der Waals surface area contributed by atoms with Crippen LogP contribution in [0, 0.1) is 6.92 Å². The molecule has 0 radical (unpaired) electrons. The zero-order chi connectivity index (χ0) is 22.5. The van der Waals surface area contributed by atoms with Gasteiger partial charge in [0.15, 0.2) is 11.5 Å². The Morgan fingerprint density at radius 1 is 0.812 bits per heavy atom. The number of aryl methyl sites for hydroxylation is 1. The van der Waals surface area contributed by atoms with Gasteiger partial charge in [0, 0.05) is 23.8 Å². The fourth-order valence-electron chi connectivity index (χ4n) is 5.09. The van der Waals surface area contributed by atoms with E-state index in [4.69, 9.17) is 9.47 Å². The van der Waals surface area contributed by atoms with Crippen LogP contribution in [0.15, 0.2) is 80.0 Å². The van der Waals surface area contributed by atoms with Gasteiger partial charge in [-0.3, -0.25) is 0 Å². The van der Waals surface area contributed by atoms with Crippen molar-refractivity contribution < 1.29 is 9.47 Å². The zero-order valence-corrected chi connectivity index (χ0v) is 22.5. The molecule has 32 heavy (non-hydrogen) atoms. The Labute approximate surface area is 215 Å². The number of hydrogen-bond donors (Lipinski definition) is 0. The molecule has 0 amide bonds. The van der Waals surface area contributed by atoms with Gasteiger partial charge < -0.3 is 14.0 Å². The third-order valence-corrected chi connectivity index (χ3v) is 9.84. The van der Waals surface area contributed by atoms with Crippen molar-refractivity contribution >= 4 is 56.1 Å². The minimum absolute atomic E-state index is 0.445. The first-order valence-corrected chi connectivity index (χ1v) is 12.6. The van der Waals surface area contributed by atoms with Gasteiger partial charge in [0.1, 0.15) is 0 Å². The maximum Gasteiger partial charge on any atom is 0.161 e. The van der Waals surface area contributed by atoms with E-state index in [1.165, 1.54) is 40.4 Å². The number of aromatic nitrogens is 1. The van der Waals surface area contributed by atoms with Crippen LogP contribution < -0.4 is 9.47 Å². The molecule has 3 nitrogen and oxygen atoms in total. The highest BCUT2D eigenvalue weighted by molar-refractivity contribution is 14.1. The van der Waals surface area contributed by atoms with Gasteiger partial charge in [-0.05, 0) is 87.0 Å². The monoisotopic (exact) mass is 647 g/mol. The van der Waals surface area contributed by atoms with Gasteiger partial charge in [0.25, 0.3) is 0 Å². The van der Waals surface area contributed by atoms with Crippen molar-refractivity contribution in [3.63, 3.8) is 0 Å². The summed E-state index contributed by atoms with van der Waals surface area (Å²) < 4.78 is 16.5. The molecule has 0 saturated heterocycles. The molecular formula is C27H23I2NO2. The van der Waals surface area contributed by atoms with Gasteiger partial charge in [0.2, 0.25) is 0 Å². The molecule has 3 aromatic carbocycles. The molecule has 4 aromatic rings. The summed E-state index contributed by atoms with van der Waals surface area (Å²) in [4.78, 5) is 0. The van der Waals surface area contributed by atoms with Crippen LogP contribution >= 0.6 is 45.2 Å². The van der Waals surface area contributed by atoms with Gasteiger partial charge in [-0.15, -0.1) is 0 Å². The normalized spacial score (nSPS) is 18.0. The highest BCUT2D eigenvalue weighted by Gasteiger charge is 2.47. The molecule has 0 saturated carbocycles. The lowest BCUT2D eigenvalue weighted by atomic mass is 9.69. The molecule has 2 heterocycles. The van der Waals surface area contributed by atoms with Crippen LogP contribution in [0.3, 0.4) is 0 Å². The number of nitrogens with zero attached hydrogens (tertiary/aromatic N) is 1. The number of ether oxygens (including phenoxy) is 2. The summed E-state index contributed by atoms with van der Waals surface area (Å²) >= 11 is 5.10. The van der Waals surface area contributed by atoms with Crippen molar-refractivity contribution in [3.8, 4) is 11.5 Å². The Bertz CT molecular complexity index is 1360. The van der Waals surface area contributed by atoms with E-state index in [-0.39, 0.29) is 0 Å². The highest BCUT2D eigenvalue weighted by atomic mass is 127. The Morgan fingerprint density at radius 3 is 2.22 bits per heavy atom. The lowest BCUT2D eigenvalue weighted by Crippen LogP contribution is -2.37. The van der Waals surface area contributed by atoms with E-state index in [0.717, 1.165) is 18.0 Å². The molecule has 0 spiro atoms. The molecule has 1 aromatic heterocycles. The van der Waals surface area contributed by atoms with Gasteiger partial charge in [-0.2, -0.15) is 0 Å². The van der Waals surface area contributed by atoms with Crippen LogP contribution in [0.5, 0.6) is 11.5 Å². The third-order valence-electron chi connectivity index (χ3n) is 6.47. The molecule has 1 unspecified atom stereocenters. The Hall–Kier alpha value is -2.00. The van der Waals surface area contributed by atoms with Crippen LogP contribution in [0.25, 0.3) is 10.9 Å². The molecule has 5 rings (SSSR count). The van der Waals surface area contributed by atoms with Crippen LogP contribution in [-0.4, -0.2) is 18.8 Å². The van der Waals surface area contributed by atoms with Crippen molar-refractivity contribution in [3.05, 3.63) is 102 Å². The zero-order valence-electron chi connectivity index (χ0n) is 18.2. The van der Waals surface area contributed by atoms with Gasteiger partial charge in [0.05, 0.1) is 26.2 Å². The van der Waals surface area contributed by atoms with Gasteiger partial charge in [-0.1, -0.05) is 54.6 Å². The Balaban J connectivity index is 1.97. The fourth-order valence-corrected chi connectivity index (χ4v) is 6.89. The second kappa shape index (κ2) is 8.41. The molecule has 0 N–H and O–H groups in total. The number of allylic oxidation sites excluding steroid dienone is 2. The fraction of sp³-hybridized carbons (Fsp3) is 0.185. The van der Waals surface area contributed by atoms with E-state index in [0.29, 0.717) is 0 Å². The minimum atomic E-state index is -0.445. The first-order valence-electron chi connectivity index (χ1n) is 10.4. The maximum absolute atomic E-state index is 5.74. The molecule has 1 aliphatic heterocycles. The van der Waals surface area contributed by atoms with E-state index in [9.17, 15) is 0 Å². The smallest absolute Gasteiger partial charge is 0.161 e. The molecule has 1 atom stereocenters. The topological polar surface area (TPSA) is 23.4 Å². The average molecular weight is 647 g/mol. The summed E-state index contributed by atoms with van der Waals surface area (Å²) in [7, 11) is 3.38. The summed E-state index contributed by atoms with van der Waals surface area (Å²) in [5.41, 5.74) is 5.89. The predicted molar refractivity (Wildman–Crippen MR) is 148 cm³/mol. The molecule has 162 valence electrons. The minimum Gasteiger partial charge on any atom is -0.493 e. The standard InChI is InChI=1S/C27H23I2NO2/c1-17-20-11-7-8-12-22(20)30-16-21(28)25(29)27(26(17)30,18-9-5-4-6-10-18)19-13-14-23(31-2)24(15-19)32-3/h4-15H,16H2,1-3H3. The predicted octanol–water partition coefficient (Wildman–Crippen LogP) is 7.40. The van der Waals surface area contributed by atoms with E-state index >= 15 is 0 Å². The lowest BCUT2D eigenvalue weighted by Gasteiger charge is -2.41. The van der Waals surface area contributed by atoms with Gasteiger partial charge >= 0.3 is 0 Å². The van der Waals surface area contributed by atoms with Crippen LogP contribution in [-0.2, 0) is 12.0 Å². The molecule has 1 aliphatic rings. The summed E-state index contributed by atoms with van der Waals surface area (Å²) in [6.45, 7) is 3.14. The quantitative estimate of drug-likeness (QED) is 0.216. The average Bonchev–Trinajstić information content (AvgIpc) is 3.12. The number of para-hydroxylation sites is 1. The maximum atomic E-state index is 5.74. The molecule has 0 bridgehead atoms. The van der Waals surface area contributed by atoms with Crippen molar-refractivity contribution in [1.82, 2.24) is 4.57 Å². The summed E-state index contributed by atoms with van der Waals surface area (Å²) in [5, 5.41) is 1.30. The third kappa shape index (κ3) is 3.04. The van der Waals surface area contributed by atoms with E-state index < -0.39 is 5.41 Å². The Morgan fingerprint density at radius 2 is 1.50 bits per heavy atom. The first-order chi connectivity index (χ1) is 15.5. The number of methoxy groups -OCH3 is 2. The van der Waals surface area contributed by atoms with E-state index in [1.807, 2.05) is 6.07 Å². The van der Waals surface area contributed by atoms with Crippen molar-refractivity contribution in [2.75, 3.05) is 14.2 Å². The van der Waals surface area contributed by atoms with E-state index in [1.54, 1.807) is 14.2 Å². The second-order valence-corrected chi connectivity index (χ2v) is 10.4. The van der Waals surface area contributed by atoms with Crippen molar-refractivity contribution in [1.29, 1.82) is 0 Å². The van der Waals surface area contributed by atoms with Crippen LogP contribution in [0.1, 0.15) is 22.4 Å². The highest BCUT2D eigenvalue weighted by Crippen LogP contribution is 2.56. The molecular weight excluding hydrogens is 624 g/mol. The molecule has 0 aliphatic carbocycles. The number of rotatable bonds is 4. The van der Waals surface area contributed by atoms with Crippen molar-refractivity contribution in [2.45, 2.75) is 18.9 Å². The van der Waals surface area contributed by atoms with Crippen molar-refractivity contribution in [2.24, 2.45) is 0 Å². The summed E-state index contributed by atoms with van der Waals surface area (Å²) in [6, 6.07) is 25.9. The molecule has 5 heteroatoms. The van der Waals surface area contributed by atoms with Crippen LogP contribution in [0.2, 0.25) is 0 Å². The lowest BCUT2D eigenvalue weighted by molar-refractivity contribution is 0.354. The SMILES string of the molecule is COc1ccc(C2(c3ccccc3)C(I)=C(I)Cn3c2c(C)c2ccccc23)cc1OC. The summed E-state index contributed by atoms with van der Waals surface area (Å²) in [6.07, 6.45) is 0. The number of benzene rings is 3. The first kappa shape index (κ1) is 21.8. The number of halogens is 2. The van der Waals surface area contributed by atoms with E-state index in [2.05, 4.69) is 123 Å². The Kier molecular flexibility index (Phi) is 5.73. The number of fused-ring (bicyclic) bond motifs is 3. The number of hydrogen-bond acceptors (Lipinski definition) is 2. The van der Waals surface area contributed by atoms with Gasteiger partial charge in [-0.25, -0.2) is 0 Å². The van der Waals surface area contributed by atoms with Crippen LogP contribution in [0.4, 0.5) is 0 Å². The second-order valence-electron chi connectivity index (χ2n) is 7.98.